The van der Waals surface area contributed by atoms with Gasteiger partial charge in [0.1, 0.15) is 0 Å². The number of anilines is 1. The summed E-state index contributed by atoms with van der Waals surface area (Å²) in [5.41, 5.74) is 0.646. The molecule has 0 radical (unpaired) electrons. The van der Waals surface area contributed by atoms with Gasteiger partial charge in [0.05, 0.1) is 17.8 Å². The number of carbonyl (C=O) groups is 2. The Hall–Kier alpha value is -2.11. The predicted molar refractivity (Wildman–Crippen MR) is 62.8 cm³/mol. The van der Waals surface area contributed by atoms with Crippen molar-refractivity contribution in [3.8, 4) is 0 Å². The van der Waals surface area contributed by atoms with E-state index in [9.17, 15) is 9.59 Å². The van der Waals surface area contributed by atoms with Crippen molar-refractivity contribution in [1.29, 1.82) is 0 Å². The van der Waals surface area contributed by atoms with Crippen LogP contribution in [0.2, 0.25) is 0 Å². The van der Waals surface area contributed by atoms with Gasteiger partial charge in [-0.1, -0.05) is 6.92 Å². The van der Waals surface area contributed by atoms with Gasteiger partial charge in [-0.2, -0.15) is 0 Å². The van der Waals surface area contributed by atoms with Crippen LogP contribution in [0.25, 0.3) is 0 Å². The monoisotopic (exact) mass is 237 g/mol. The minimum absolute atomic E-state index is 0.0960. The fourth-order valence-corrected chi connectivity index (χ4v) is 1.12. The number of rotatable bonds is 4. The summed E-state index contributed by atoms with van der Waals surface area (Å²) in [5, 5.41) is 11.2. The van der Waals surface area contributed by atoms with Crippen LogP contribution in [0.1, 0.15) is 6.92 Å². The summed E-state index contributed by atoms with van der Waals surface area (Å²) in [6.07, 6.45) is 3.17. The van der Waals surface area contributed by atoms with Gasteiger partial charge in [-0.15, -0.1) is 0 Å². The quantitative estimate of drug-likeness (QED) is 0.816. The number of nitrogens with zero attached hydrogens (tertiary/aromatic N) is 2. The molecule has 17 heavy (non-hydrogen) atoms. The Labute approximate surface area is 99.3 Å². The van der Waals surface area contributed by atoms with Crippen LogP contribution >= 0.6 is 0 Å². The number of carboxylic acid groups (broad SMARTS) is 1. The molecule has 1 atom stereocenters. The lowest BCUT2D eigenvalue weighted by Gasteiger charge is -2.18. The number of nitrogens with one attached hydrogen (secondary N) is 1. The first kappa shape index (κ1) is 13.0. The maximum Gasteiger partial charge on any atom is 0.321 e. The first-order chi connectivity index (χ1) is 8.02. The van der Waals surface area contributed by atoms with E-state index in [4.69, 9.17) is 5.11 Å². The maximum atomic E-state index is 11.7. The zero-order valence-corrected chi connectivity index (χ0v) is 9.75. The summed E-state index contributed by atoms with van der Waals surface area (Å²) in [7, 11) is 1.60. The molecule has 1 unspecified atom stereocenters. The molecule has 1 aromatic rings. The highest BCUT2D eigenvalue weighted by atomic mass is 16.4. The molecule has 92 valence electrons. The van der Waals surface area contributed by atoms with Gasteiger partial charge in [-0.25, -0.2) is 4.79 Å². The standard InChI is InChI=1S/C11H15N3O3/c1-8(10(15)16)6-13-11(17)14(2)9-4-3-5-12-7-9/h3-5,7-8H,6H2,1-2H3,(H,13,17)(H,15,16). The first-order valence-electron chi connectivity index (χ1n) is 5.16. The molecule has 0 spiro atoms. The second kappa shape index (κ2) is 5.83. The fourth-order valence-electron chi connectivity index (χ4n) is 1.12. The predicted octanol–water partition coefficient (Wildman–Crippen LogP) is 0.948. The summed E-state index contributed by atoms with van der Waals surface area (Å²) >= 11 is 0. The van der Waals surface area contributed by atoms with Crippen LogP contribution in [0.3, 0.4) is 0 Å². The lowest BCUT2D eigenvalue weighted by molar-refractivity contribution is -0.140. The van der Waals surface area contributed by atoms with Gasteiger partial charge in [-0.05, 0) is 12.1 Å². The molecule has 0 fully saturated rings. The Morgan fingerprint density at radius 3 is 2.82 bits per heavy atom. The number of carbonyl (C=O) groups excluding carboxylic acids is 1. The molecule has 0 aliphatic heterocycles. The molecule has 0 bridgehead atoms. The van der Waals surface area contributed by atoms with Crippen molar-refractivity contribution in [2.24, 2.45) is 5.92 Å². The molecule has 0 aromatic carbocycles. The number of aliphatic carboxylic acids is 1. The minimum atomic E-state index is -0.936. The van der Waals surface area contributed by atoms with Crippen molar-refractivity contribution in [2.75, 3.05) is 18.5 Å². The number of urea groups is 1. The van der Waals surface area contributed by atoms with Crippen molar-refractivity contribution >= 4 is 17.7 Å². The third-order valence-electron chi connectivity index (χ3n) is 2.32. The number of pyridine rings is 1. The molecular formula is C11H15N3O3. The second-order valence-electron chi connectivity index (χ2n) is 3.70. The van der Waals surface area contributed by atoms with Crippen LogP contribution in [-0.2, 0) is 4.79 Å². The Balaban J connectivity index is 2.51. The maximum absolute atomic E-state index is 11.7. The van der Waals surface area contributed by atoms with Crippen LogP contribution in [-0.4, -0.2) is 35.7 Å². The SMILES string of the molecule is CC(CNC(=O)N(C)c1cccnc1)C(=O)O. The summed E-state index contributed by atoms with van der Waals surface area (Å²) in [6, 6.07) is 3.11. The highest BCUT2D eigenvalue weighted by Crippen LogP contribution is 2.08. The third-order valence-corrected chi connectivity index (χ3v) is 2.32. The molecule has 2 N–H and O–H groups in total. The smallest absolute Gasteiger partial charge is 0.321 e. The van der Waals surface area contributed by atoms with E-state index < -0.39 is 11.9 Å². The van der Waals surface area contributed by atoms with Crippen molar-refractivity contribution in [1.82, 2.24) is 10.3 Å². The van der Waals surface area contributed by atoms with Gasteiger partial charge in [0.15, 0.2) is 0 Å². The largest absolute Gasteiger partial charge is 0.481 e. The van der Waals surface area contributed by atoms with E-state index in [1.54, 1.807) is 31.6 Å². The van der Waals surface area contributed by atoms with Crippen molar-refractivity contribution in [3.05, 3.63) is 24.5 Å². The molecule has 1 aromatic heterocycles. The first-order valence-corrected chi connectivity index (χ1v) is 5.16. The Morgan fingerprint density at radius 2 is 2.29 bits per heavy atom. The van der Waals surface area contributed by atoms with E-state index in [0.29, 0.717) is 5.69 Å². The van der Waals surface area contributed by atoms with Gasteiger partial charge in [-0.3, -0.25) is 14.7 Å². The average Bonchev–Trinajstić information content (AvgIpc) is 2.35. The zero-order valence-electron chi connectivity index (χ0n) is 9.75. The van der Waals surface area contributed by atoms with Gasteiger partial charge < -0.3 is 10.4 Å². The Bertz CT molecular complexity index is 394. The summed E-state index contributed by atoms with van der Waals surface area (Å²) in [5.74, 6) is -1.55. The highest BCUT2D eigenvalue weighted by molar-refractivity contribution is 5.91. The minimum Gasteiger partial charge on any atom is -0.481 e. The van der Waals surface area contributed by atoms with Gasteiger partial charge >= 0.3 is 12.0 Å². The Kier molecular flexibility index (Phi) is 4.45. The fraction of sp³-hybridized carbons (Fsp3) is 0.364. The lowest BCUT2D eigenvalue weighted by Crippen LogP contribution is -2.40. The molecule has 0 saturated heterocycles. The topological polar surface area (TPSA) is 82.5 Å². The van der Waals surface area contributed by atoms with Crippen LogP contribution in [0.4, 0.5) is 10.5 Å². The van der Waals surface area contributed by atoms with Crippen LogP contribution in [0.5, 0.6) is 0 Å². The molecule has 0 aliphatic rings. The molecule has 6 nitrogen and oxygen atoms in total. The van der Waals surface area contributed by atoms with E-state index in [2.05, 4.69) is 10.3 Å². The van der Waals surface area contributed by atoms with E-state index in [1.165, 1.54) is 11.8 Å². The van der Waals surface area contributed by atoms with E-state index >= 15 is 0 Å². The van der Waals surface area contributed by atoms with E-state index in [-0.39, 0.29) is 12.6 Å². The number of carboxylic acids is 1. The van der Waals surface area contributed by atoms with Crippen molar-refractivity contribution in [2.45, 2.75) is 6.92 Å². The molecule has 6 heteroatoms. The average molecular weight is 237 g/mol. The second-order valence-corrected chi connectivity index (χ2v) is 3.70. The van der Waals surface area contributed by atoms with Gasteiger partial charge in [0.25, 0.3) is 0 Å². The van der Waals surface area contributed by atoms with Gasteiger partial charge in [0.2, 0.25) is 0 Å². The molecule has 1 heterocycles. The highest BCUT2D eigenvalue weighted by Gasteiger charge is 2.15. The normalized spacial score (nSPS) is 11.6. The summed E-state index contributed by atoms with van der Waals surface area (Å²) < 4.78 is 0. The Morgan fingerprint density at radius 1 is 1.59 bits per heavy atom. The number of aromatic nitrogens is 1. The van der Waals surface area contributed by atoms with Crippen LogP contribution in [0, 0.1) is 5.92 Å². The zero-order chi connectivity index (χ0) is 12.8. The van der Waals surface area contributed by atoms with E-state index in [1.807, 2.05) is 0 Å². The molecule has 0 saturated carbocycles. The van der Waals surface area contributed by atoms with Gasteiger partial charge in [0, 0.05) is 19.8 Å². The molecule has 0 aliphatic carbocycles. The summed E-state index contributed by atoms with van der Waals surface area (Å²) in [6.45, 7) is 1.63. The van der Waals surface area contributed by atoms with E-state index in [0.717, 1.165) is 0 Å². The van der Waals surface area contributed by atoms with Crippen LogP contribution in [0.15, 0.2) is 24.5 Å². The lowest BCUT2D eigenvalue weighted by atomic mass is 10.2. The van der Waals surface area contributed by atoms with Crippen molar-refractivity contribution in [3.63, 3.8) is 0 Å². The number of amides is 2. The summed E-state index contributed by atoms with van der Waals surface area (Å²) in [4.78, 5) is 27.5. The number of hydrogen-bond donors (Lipinski definition) is 2. The third kappa shape index (κ3) is 3.75. The molecule has 1 rings (SSSR count). The number of hydrogen-bond acceptors (Lipinski definition) is 3. The molecule has 2 amide bonds. The molecular weight excluding hydrogens is 222 g/mol. The van der Waals surface area contributed by atoms with Crippen molar-refractivity contribution < 1.29 is 14.7 Å². The van der Waals surface area contributed by atoms with Crippen LogP contribution < -0.4 is 10.2 Å².